The Labute approximate surface area is 178 Å². The van der Waals surface area contributed by atoms with Crippen LogP contribution in [0.2, 0.25) is 10.0 Å². The van der Waals surface area contributed by atoms with Crippen molar-refractivity contribution in [2.45, 2.75) is 18.7 Å². The second kappa shape index (κ2) is 7.21. The molecule has 29 heavy (non-hydrogen) atoms. The van der Waals surface area contributed by atoms with Gasteiger partial charge in [0.2, 0.25) is 5.78 Å². The summed E-state index contributed by atoms with van der Waals surface area (Å²) in [5, 5.41) is 7.76. The van der Waals surface area contributed by atoms with Crippen LogP contribution in [0.4, 0.5) is 0 Å². The quantitative estimate of drug-likeness (QED) is 0.504. The molecule has 4 nitrogen and oxygen atoms in total. The van der Waals surface area contributed by atoms with Gasteiger partial charge in [-0.15, -0.1) is 0 Å². The van der Waals surface area contributed by atoms with Gasteiger partial charge in [-0.2, -0.15) is 5.10 Å². The lowest BCUT2D eigenvalue weighted by atomic mass is 9.96. The van der Waals surface area contributed by atoms with Gasteiger partial charge in [-0.25, -0.2) is 5.01 Å². The van der Waals surface area contributed by atoms with Gasteiger partial charge in [0, 0.05) is 27.6 Å². The molecule has 6 heteroatoms. The molecule has 0 N–H and O–H groups in total. The van der Waals surface area contributed by atoms with Crippen LogP contribution >= 0.6 is 23.2 Å². The first-order chi connectivity index (χ1) is 14.1. The summed E-state index contributed by atoms with van der Waals surface area (Å²) in [7, 11) is 0. The summed E-state index contributed by atoms with van der Waals surface area (Å²) in [6.07, 6.45) is -0.179. The van der Waals surface area contributed by atoms with Crippen molar-refractivity contribution in [3.8, 4) is 5.75 Å². The number of carbonyl (C=O) groups excluding carboxylic acids is 1. The fourth-order valence-corrected chi connectivity index (χ4v) is 4.10. The predicted octanol–water partition coefficient (Wildman–Crippen LogP) is 5.75. The Hall–Kier alpha value is -2.82. The van der Waals surface area contributed by atoms with Crippen molar-refractivity contribution in [2.75, 3.05) is 0 Å². The highest BCUT2D eigenvalue weighted by Gasteiger charge is 2.43. The largest absolute Gasteiger partial charge is 0.461 e. The van der Waals surface area contributed by atoms with Crippen molar-refractivity contribution >= 4 is 34.7 Å². The summed E-state index contributed by atoms with van der Waals surface area (Å²) in [4.78, 5) is 13.3. The molecule has 2 atom stereocenters. The summed E-state index contributed by atoms with van der Waals surface area (Å²) < 4.78 is 6.11. The van der Waals surface area contributed by atoms with E-state index < -0.39 is 6.23 Å². The van der Waals surface area contributed by atoms with E-state index in [4.69, 9.17) is 33.0 Å². The number of rotatable bonds is 3. The number of ether oxygens (including phenoxy) is 1. The second-order valence-corrected chi connectivity index (χ2v) is 7.91. The number of hydrogen-bond acceptors (Lipinski definition) is 4. The van der Waals surface area contributed by atoms with Crippen molar-refractivity contribution in [2.24, 2.45) is 5.10 Å². The first-order valence-electron chi connectivity index (χ1n) is 9.27. The fourth-order valence-electron chi connectivity index (χ4n) is 3.79. The van der Waals surface area contributed by atoms with Crippen molar-refractivity contribution in [3.63, 3.8) is 0 Å². The van der Waals surface area contributed by atoms with E-state index in [9.17, 15) is 4.79 Å². The summed E-state index contributed by atoms with van der Waals surface area (Å²) in [6.45, 7) is 0. The zero-order chi connectivity index (χ0) is 20.0. The van der Waals surface area contributed by atoms with Gasteiger partial charge in [-0.3, -0.25) is 4.79 Å². The van der Waals surface area contributed by atoms with Crippen LogP contribution in [-0.4, -0.2) is 22.7 Å². The third kappa shape index (κ3) is 3.28. The van der Waals surface area contributed by atoms with E-state index in [1.807, 2.05) is 42.5 Å². The SMILES string of the molecule is O=C(c1ccc(Cl)cc1)[C@@H]1Oc2ccc(Cl)cc2[C@@H]2CC(c3ccccc3)=NN12. The van der Waals surface area contributed by atoms with Crippen molar-refractivity contribution in [1.82, 2.24) is 5.01 Å². The topological polar surface area (TPSA) is 41.9 Å². The van der Waals surface area contributed by atoms with Crippen LogP contribution < -0.4 is 4.74 Å². The van der Waals surface area contributed by atoms with Crippen LogP contribution in [-0.2, 0) is 0 Å². The molecule has 3 aromatic rings. The lowest BCUT2D eigenvalue weighted by Crippen LogP contribution is -2.45. The van der Waals surface area contributed by atoms with Gasteiger partial charge in [0.05, 0.1) is 11.8 Å². The summed E-state index contributed by atoms with van der Waals surface area (Å²) >= 11 is 12.2. The number of hydrazone groups is 1. The van der Waals surface area contributed by atoms with Gasteiger partial charge in [0.1, 0.15) is 5.75 Å². The maximum Gasteiger partial charge on any atom is 0.251 e. The Balaban J connectivity index is 1.57. The number of Topliss-reactive ketones (excluding diaryl/α,β-unsaturated/α-hetero) is 1. The minimum Gasteiger partial charge on any atom is -0.461 e. The number of hydrogen-bond donors (Lipinski definition) is 0. The third-order valence-electron chi connectivity index (χ3n) is 5.21. The van der Waals surface area contributed by atoms with Crippen LogP contribution in [0.3, 0.4) is 0 Å². The van der Waals surface area contributed by atoms with Crippen LogP contribution in [0.5, 0.6) is 5.75 Å². The standard InChI is InChI=1S/C23H16Cl2N2O2/c24-16-8-6-15(7-9-16)22(28)23-27-20(18-12-17(25)10-11-21(18)29-23)13-19(26-27)14-4-2-1-3-5-14/h1-12,20,23H,13H2/t20-,23-/m0/s1. The van der Waals surface area contributed by atoms with E-state index in [-0.39, 0.29) is 11.8 Å². The molecule has 0 saturated carbocycles. The summed E-state index contributed by atoms with van der Waals surface area (Å²) in [5.41, 5.74) is 3.41. The van der Waals surface area contributed by atoms with Gasteiger partial charge in [0.25, 0.3) is 6.23 Å². The smallest absolute Gasteiger partial charge is 0.251 e. The third-order valence-corrected chi connectivity index (χ3v) is 5.70. The first-order valence-corrected chi connectivity index (χ1v) is 10.0. The number of ketones is 1. The fraction of sp³-hybridized carbons (Fsp3) is 0.130. The molecule has 0 spiro atoms. The zero-order valence-corrected chi connectivity index (χ0v) is 16.8. The van der Waals surface area contributed by atoms with E-state index in [1.165, 1.54) is 0 Å². The zero-order valence-electron chi connectivity index (χ0n) is 15.3. The molecule has 0 aliphatic carbocycles. The normalized spacial score (nSPS) is 19.8. The lowest BCUT2D eigenvalue weighted by Gasteiger charge is -2.37. The Bertz CT molecular complexity index is 1110. The summed E-state index contributed by atoms with van der Waals surface area (Å²) in [5.74, 6) is 0.498. The molecule has 144 valence electrons. The van der Waals surface area contributed by atoms with Crippen molar-refractivity contribution < 1.29 is 9.53 Å². The van der Waals surface area contributed by atoms with Gasteiger partial charge in [0.15, 0.2) is 0 Å². The minimum atomic E-state index is -0.851. The molecule has 0 bridgehead atoms. The van der Waals surface area contributed by atoms with E-state index >= 15 is 0 Å². The van der Waals surface area contributed by atoms with Gasteiger partial charge >= 0.3 is 0 Å². The van der Waals surface area contributed by atoms with E-state index in [0.29, 0.717) is 27.8 Å². The molecule has 3 aromatic carbocycles. The van der Waals surface area contributed by atoms with Crippen LogP contribution in [0.1, 0.15) is 33.9 Å². The molecule has 0 saturated heterocycles. The number of fused-ring (bicyclic) bond motifs is 3. The maximum absolute atomic E-state index is 13.3. The average Bonchev–Trinajstić information content (AvgIpc) is 3.20. The Kier molecular flexibility index (Phi) is 4.53. The first kappa shape index (κ1) is 18.2. The molecular formula is C23H16Cl2N2O2. The molecule has 0 unspecified atom stereocenters. The molecule has 5 rings (SSSR count). The highest BCUT2D eigenvalue weighted by Crippen LogP contribution is 2.44. The molecule has 2 heterocycles. The van der Waals surface area contributed by atoms with Crippen molar-refractivity contribution in [1.29, 1.82) is 0 Å². The van der Waals surface area contributed by atoms with E-state index in [1.54, 1.807) is 35.3 Å². The number of nitrogens with zero attached hydrogens (tertiary/aromatic N) is 2. The molecular weight excluding hydrogens is 407 g/mol. The predicted molar refractivity (Wildman–Crippen MR) is 114 cm³/mol. The minimum absolute atomic E-state index is 0.117. The van der Waals surface area contributed by atoms with E-state index in [2.05, 4.69) is 0 Å². The Morgan fingerprint density at radius 1 is 0.966 bits per heavy atom. The highest BCUT2D eigenvalue weighted by molar-refractivity contribution is 6.31. The Morgan fingerprint density at radius 2 is 1.69 bits per heavy atom. The molecule has 2 aliphatic heterocycles. The highest BCUT2D eigenvalue weighted by atomic mass is 35.5. The molecule has 0 amide bonds. The van der Waals surface area contributed by atoms with Gasteiger partial charge < -0.3 is 4.74 Å². The summed E-state index contributed by atoms with van der Waals surface area (Å²) in [6, 6.07) is 22.1. The second-order valence-electron chi connectivity index (χ2n) is 7.04. The van der Waals surface area contributed by atoms with Crippen LogP contribution in [0.25, 0.3) is 0 Å². The lowest BCUT2D eigenvalue weighted by molar-refractivity contribution is -0.00455. The molecule has 0 radical (unpaired) electrons. The monoisotopic (exact) mass is 422 g/mol. The Morgan fingerprint density at radius 3 is 2.45 bits per heavy atom. The molecule has 2 aliphatic rings. The average molecular weight is 423 g/mol. The van der Waals surface area contributed by atoms with Crippen molar-refractivity contribution in [3.05, 3.63) is 99.5 Å². The number of halogens is 2. The molecule has 0 fully saturated rings. The van der Waals surface area contributed by atoms with Gasteiger partial charge in [-0.05, 0) is 48.0 Å². The van der Waals surface area contributed by atoms with E-state index in [0.717, 1.165) is 16.8 Å². The maximum atomic E-state index is 13.3. The van der Waals surface area contributed by atoms with Gasteiger partial charge in [-0.1, -0.05) is 53.5 Å². The number of benzene rings is 3. The van der Waals surface area contributed by atoms with Crippen LogP contribution in [0, 0.1) is 0 Å². The number of carbonyl (C=O) groups is 1. The molecule has 0 aromatic heterocycles. The van der Waals surface area contributed by atoms with Crippen LogP contribution in [0.15, 0.2) is 77.9 Å².